The second-order valence-corrected chi connectivity index (χ2v) is 5.59. The highest BCUT2D eigenvalue weighted by atomic mass is 35.5. The van der Waals surface area contributed by atoms with Gasteiger partial charge in [0.15, 0.2) is 0 Å². The Labute approximate surface area is 131 Å². The highest BCUT2D eigenvalue weighted by Crippen LogP contribution is 2.23. The maximum Gasteiger partial charge on any atom is 0.224 e. The van der Waals surface area contributed by atoms with Crippen LogP contribution in [-0.2, 0) is 6.54 Å². The van der Waals surface area contributed by atoms with Crippen LogP contribution in [0.1, 0.15) is 11.4 Å². The summed E-state index contributed by atoms with van der Waals surface area (Å²) in [7, 11) is 0. The molecule has 7 heteroatoms. The lowest BCUT2D eigenvalue weighted by molar-refractivity contribution is 1.03. The highest BCUT2D eigenvalue weighted by Gasteiger charge is 2.05. The average Bonchev–Trinajstić information content (AvgIpc) is 2.94. The third kappa shape index (κ3) is 3.53. The fourth-order valence-corrected chi connectivity index (χ4v) is 2.87. The molecule has 0 spiro atoms. The van der Waals surface area contributed by atoms with Crippen LogP contribution in [0.3, 0.4) is 0 Å². The van der Waals surface area contributed by atoms with Crippen molar-refractivity contribution in [2.75, 3.05) is 5.32 Å². The number of halogens is 1. The van der Waals surface area contributed by atoms with Crippen molar-refractivity contribution in [3.63, 3.8) is 0 Å². The molecule has 0 aromatic carbocycles. The molecule has 0 fully saturated rings. The molecule has 106 valence electrons. The van der Waals surface area contributed by atoms with Gasteiger partial charge in [0.1, 0.15) is 10.8 Å². The summed E-state index contributed by atoms with van der Waals surface area (Å²) < 4.78 is 0. The van der Waals surface area contributed by atoms with Crippen LogP contribution in [0.2, 0.25) is 5.28 Å². The molecule has 0 aliphatic heterocycles. The number of hydrogen-bond acceptors (Lipinski definition) is 6. The molecule has 5 nitrogen and oxygen atoms in total. The molecule has 3 rings (SSSR count). The van der Waals surface area contributed by atoms with Gasteiger partial charge in [0.05, 0.1) is 12.2 Å². The number of nitrogens with one attached hydrogen (secondary N) is 1. The van der Waals surface area contributed by atoms with Gasteiger partial charge >= 0.3 is 0 Å². The number of thiazole rings is 1. The predicted molar refractivity (Wildman–Crippen MR) is 84.5 cm³/mol. The number of nitrogens with zero attached hydrogens (tertiary/aromatic N) is 4. The quantitative estimate of drug-likeness (QED) is 0.745. The van der Waals surface area contributed by atoms with Crippen molar-refractivity contribution in [1.29, 1.82) is 0 Å². The lowest BCUT2D eigenvalue weighted by Crippen LogP contribution is -2.03. The van der Waals surface area contributed by atoms with E-state index in [2.05, 4.69) is 25.3 Å². The first-order valence-electron chi connectivity index (χ1n) is 6.30. The molecule has 0 saturated heterocycles. The van der Waals surface area contributed by atoms with E-state index in [1.807, 2.05) is 30.5 Å². The number of pyridine rings is 1. The number of hydrogen-bond donors (Lipinski definition) is 1. The van der Waals surface area contributed by atoms with Gasteiger partial charge in [-0.3, -0.25) is 4.98 Å². The van der Waals surface area contributed by atoms with Gasteiger partial charge in [-0.05, 0) is 30.7 Å². The molecule has 0 amide bonds. The number of aromatic nitrogens is 4. The standard InChI is InChI=1S/C14H12ClN5S/c1-9-6-12(20-14(15)18-9)17-7-11-8-21-13(19-11)10-2-4-16-5-3-10/h2-6,8H,7H2,1H3,(H,17,18,20). The zero-order valence-electron chi connectivity index (χ0n) is 11.2. The van der Waals surface area contributed by atoms with Crippen LogP contribution in [0.25, 0.3) is 10.6 Å². The minimum absolute atomic E-state index is 0.244. The zero-order valence-corrected chi connectivity index (χ0v) is 12.8. The number of aryl methyl sites for hydroxylation is 1. The minimum Gasteiger partial charge on any atom is -0.364 e. The molecular formula is C14H12ClN5S. The molecule has 0 atom stereocenters. The second-order valence-electron chi connectivity index (χ2n) is 4.40. The molecule has 0 saturated carbocycles. The van der Waals surface area contributed by atoms with E-state index >= 15 is 0 Å². The summed E-state index contributed by atoms with van der Waals surface area (Å²) in [6, 6.07) is 5.75. The van der Waals surface area contributed by atoms with Gasteiger partial charge < -0.3 is 5.32 Å². The first-order valence-corrected chi connectivity index (χ1v) is 7.56. The molecule has 0 aliphatic carbocycles. The summed E-state index contributed by atoms with van der Waals surface area (Å²) >= 11 is 7.44. The van der Waals surface area contributed by atoms with Crippen molar-refractivity contribution in [2.45, 2.75) is 13.5 Å². The van der Waals surface area contributed by atoms with Crippen LogP contribution >= 0.6 is 22.9 Å². The van der Waals surface area contributed by atoms with E-state index in [1.165, 1.54) is 0 Å². The molecule has 3 aromatic rings. The van der Waals surface area contributed by atoms with Crippen molar-refractivity contribution in [1.82, 2.24) is 19.9 Å². The Morgan fingerprint density at radius 1 is 1.19 bits per heavy atom. The molecule has 3 aromatic heterocycles. The van der Waals surface area contributed by atoms with Crippen molar-refractivity contribution in [3.8, 4) is 10.6 Å². The normalized spacial score (nSPS) is 10.6. The van der Waals surface area contributed by atoms with E-state index in [0.717, 1.165) is 22.0 Å². The third-order valence-electron chi connectivity index (χ3n) is 2.76. The molecule has 21 heavy (non-hydrogen) atoms. The van der Waals surface area contributed by atoms with Crippen molar-refractivity contribution >= 4 is 28.8 Å². The van der Waals surface area contributed by atoms with E-state index < -0.39 is 0 Å². The fraction of sp³-hybridized carbons (Fsp3) is 0.143. The molecule has 0 aliphatic rings. The Bertz CT molecular complexity index is 724. The molecular weight excluding hydrogens is 306 g/mol. The Balaban J connectivity index is 1.70. The minimum atomic E-state index is 0.244. The first kappa shape index (κ1) is 13.9. The van der Waals surface area contributed by atoms with E-state index in [4.69, 9.17) is 11.6 Å². The average molecular weight is 318 g/mol. The van der Waals surface area contributed by atoms with Gasteiger partial charge in [0.25, 0.3) is 0 Å². The zero-order chi connectivity index (χ0) is 14.7. The second kappa shape index (κ2) is 6.15. The summed E-state index contributed by atoms with van der Waals surface area (Å²) in [6.45, 7) is 2.47. The van der Waals surface area contributed by atoms with Crippen LogP contribution in [-0.4, -0.2) is 19.9 Å². The smallest absolute Gasteiger partial charge is 0.224 e. The van der Waals surface area contributed by atoms with Gasteiger partial charge in [0.2, 0.25) is 5.28 Å². The highest BCUT2D eigenvalue weighted by molar-refractivity contribution is 7.13. The van der Waals surface area contributed by atoms with Crippen molar-refractivity contribution in [3.05, 3.63) is 52.6 Å². The summed E-state index contributed by atoms with van der Waals surface area (Å²) in [4.78, 5) is 16.8. The maximum absolute atomic E-state index is 5.83. The fourth-order valence-electron chi connectivity index (χ4n) is 1.82. The lowest BCUT2D eigenvalue weighted by atomic mass is 10.3. The van der Waals surface area contributed by atoms with E-state index in [1.54, 1.807) is 23.7 Å². The summed E-state index contributed by atoms with van der Waals surface area (Å²) in [5, 5.41) is 6.45. The predicted octanol–water partition coefficient (Wildman–Crippen LogP) is 3.57. The molecule has 1 N–H and O–H groups in total. The van der Waals surface area contributed by atoms with Gasteiger partial charge in [-0.2, -0.15) is 0 Å². The van der Waals surface area contributed by atoms with Crippen molar-refractivity contribution in [2.24, 2.45) is 0 Å². The van der Waals surface area contributed by atoms with E-state index in [9.17, 15) is 0 Å². The van der Waals surface area contributed by atoms with Crippen LogP contribution in [0.15, 0.2) is 36.0 Å². The van der Waals surface area contributed by atoms with E-state index in [0.29, 0.717) is 12.4 Å². The van der Waals surface area contributed by atoms with E-state index in [-0.39, 0.29) is 5.28 Å². The number of rotatable bonds is 4. The van der Waals surface area contributed by atoms with Crippen LogP contribution in [0.4, 0.5) is 5.82 Å². The lowest BCUT2D eigenvalue weighted by Gasteiger charge is -2.04. The number of anilines is 1. The molecule has 0 bridgehead atoms. The Morgan fingerprint density at radius 3 is 2.76 bits per heavy atom. The monoisotopic (exact) mass is 317 g/mol. The Kier molecular flexibility index (Phi) is 4.08. The first-order chi connectivity index (χ1) is 10.2. The SMILES string of the molecule is Cc1cc(NCc2csc(-c3ccncc3)n2)nc(Cl)n1. The summed E-state index contributed by atoms with van der Waals surface area (Å²) in [5.41, 5.74) is 2.86. The third-order valence-corrected chi connectivity index (χ3v) is 3.87. The van der Waals surface area contributed by atoms with Crippen LogP contribution in [0, 0.1) is 6.92 Å². The largest absolute Gasteiger partial charge is 0.364 e. The summed E-state index contributed by atoms with van der Waals surface area (Å²) in [5.74, 6) is 0.700. The van der Waals surface area contributed by atoms with Gasteiger partial charge in [-0.1, -0.05) is 0 Å². The molecule has 3 heterocycles. The van der Waals surface area contributed by atoms with Gasteiger partial charge in [0, 0.05) is 35.1 Å². The van der Waals surface area contributed by atoms with Crippen molar-refractivity contribution < 1.29 is 0 Å². The summed E-state index contributed by atoms with van der Waals surface area (Å²) in [6.07, 6.45) is 3.53. The molecule has 0 unspecified atom stereocenters. The Morgan fingerprint density at radius 2 is 2.00 bits per heavy atom. The van der Waals surface area contributed by atoms with Gasteiger partial charge in [-0.25, -0.2) is 15.0 Å². The topological polar surface area (TPSA) is 63.6 Å². The molecule has 0 radical (unpaired) electrons. The Hall–Kier alpha value is -2.05. The maximum atomic E-state index is 5.83. The van der Waals surface area contributed by atoms with Crippen LogP contribution < -0.4 is 5.32 Å². The van der Waals surface area contributed by atoms with Gasteiger partial charge in [-0.15, -0.1) is 11.3 Å². The van der Waals surface area contributed by atoms with Crippen LogP contribution in [0.5, 0.6) is 0 Å².